The minimum absolute atomic E-state index is 0.218. The average Bonchev–Trinajstić information content (AvgIpc) is 2.72. The Hall–Kier alpha value is -1.82. The minimum atomic E-state index is -0.966. The largest absolute Gasteiger partial charge is 0.478 e. The molecular formula is C12H11BrN2O3. The lowest BCUT2D eigenvalue weighted by molar-refractivity contribution is 0.0697. The third kappa shape index (κ3) is 3.10. The number of rotatable bonds is 4. The third-order valence-electron chi connectivity index (χ3n) is 2.26. The highest BCUT2D eigenvalue weighted by atomic mass is 79.9. The van der Waals surface area contributed by atoms with Crippen molar-refractivity contribution < 1.29 is 14.3 Å². The van der Waals surface area contributed by atoms with Crippen molar-refractivity contribution in [1.82, 2.24) is 4.98 Å². The van der Waals surface area contributed by atoms with Crippen molar-refractivity contribution in [3.63, 3.8) is 0 Å². The van der Waals surface area contributed by atoms with Crippen LogP contribution < -0.4 is 5.32 Å². The molecule has 18 heavy (non-hydrogen) atoms. The van der Waals surface area contributed by atoms with Crippen molar-refractivity contribution in [3.8, 4) is 0 Å². The molecule has 0 saturated heterocycles. The lowest BCUT2D eigenvalue weighted by Gasteiger charge is -2.06. The predicted molar refractivity (Wildman–Crippen MR) is 69.7 cm³/mol. The van der Waals surface area contributed by atoms with Crippen LogP contribution in [0.25, 0.3) is 0 Å². The number of hydrogen-bond acceptors (Lipinski definition) is 4. The first-order valence-corrected chi connectivity index (χ1v) is 6.03. The monoisotopic (exact) mass is 310 g/mol. The number of hydrogen-bond donors (Lipinski definition) is 2. The Morgan fingerprint density at radius 1 is 1.50 bits per heavy atom. The van der Waals surface area contributed by atoms with Crippen molar-refractivity contribution in [3.05, 3.63) is 46.1 Å². The first-order valence-electron chi connectivity index (χ1n) is 5.23. The smallest absolute Gasteiger partial charge is 0.335 e. The van der Waals surface area contributed by atoms with Crippen LogP contribution in [0.2, 0.25) is 0 Å². The molecule has 0 bridgehead atoms. The molecule has 2 N–H and O–H groups in total. The Bertz CT molecular complexity index is 580. The van der Waals surface area contributed by atoms with Crippen molar-refractivity contribution in [1.29, 1.82) is 0 Å². The Labute approximate surface area is 112 Å². The van der Waals surface area contributed by atoms with Gasteiger partial charge in [0.2, 0.25) is 5.89 Å². The van der Waals surface area contributed by atoms with Crippen molar-refractivity contribution >= 4 is 27.6 Å². The molecule has 0 spiro atoms. The molecule has 1 heterocycles. The van der Waals surface area contributed by atoms with Crippen LogP contribution in [0, 0.1) is 6.92 Å². The number of benzene rings is 1. The SMILES string of the molecule is Cc1cnc(CNc2cc(Br)cc(C(=O)O)c2)o1. The lowest BCUT2D eigenvalue weighted by Crippen LogP contribution is -2.02. The molecule has 5 nitrogen and oxygen atoms in total. The molecule has 0 aliphatic heterocycles. The van der Waals surface area contributed by atoms with Gasteiger partial charge in [-0.3, -0.25) is 0 Å². The maximum Gasteiger partial charge on any atom is 0.335 e. The first kappa shape index (κ1) is 12.6. The van der Waals surface area contributed by atoms with Crippen LogP contribution in [0.4, 0.5) is 5.69 Å². The van der Waals surface area contributed by atoms with E-state index in [9.17, 15) is 4.79 Å². The number of carboxylic acids is 1. The van der Waals surface area contributed by atoms with Crippen LogP contribution in [0.3, 0.4) is 0 Å². The molecule has 0 aliphatic carbocycles. The summed E-state index contributed by atoms with van der Waals surface area (Å²) in [5.41, 5.74) is 0.910. The molecule has 2 aromatic rings. The Kier molecular flexibility index (Phi) is 3.66. The van der Waals surface area contributed by atoms with E-state index in [1.807, 2.05) is 6.92 Å². The number of nitrogens with zero attached hydrogens (tertiary/aromatic N) is 1. The normalized spacial score (nSPS) is 10.3. The second kappa shape index (κ2) is 5.22. The molecule has 0 atom stereocenters. The van der Waals surface area contributed by atoms with Crippen molar-refractivity contribution in [2.75, 3.05) is 5.32 Å². The van der Waals surface area contributed by atoms with Gasteiger partial charge in [0.1, 0.15) is 5.76 Å². The number of anilines is 1. The highest BCUT2D eigenvalue weighted by Gasteiger charge is 2.07. The molecule has 0 radical (unpaired) electrons. The molecular weight excluding hydrogens is 300 g/mol. The maximum atomic E-state index is 10.9. The van der Waals surface area contributed by atoms with Crippen LogP contribution in [-0.4, -0.2) is 16.1 Å². The van der Waals surface area contributed by atoms with Gasteiger partial charge in [0, 0.05) is 10.2 Å². The standard InChI is InChI=1S/C12H11BrN2O3/c1-7-5-15-11(18-7)6-14-10-3-8(12(16)17)2-9(13)4-10/h2-5,14H,6H2,1H3,(H,16,17). The number of carbonyl (C=O) groups is 1. The molecule has 2 rings (SSSR count). The summed E-state index contributed by atoms with van der Waals surface area (Å²) < 4.78 is 6.01. The predicted octanol–water partition coefficient (Wildman–Crippen LogP) is 3.06. The van der Waals surface area contributed by atoms with Gasteiger partial charge in [-0.25, -0.2) is 9.78 Å². The van der Waals surface area contributed by atoms with Crippen LogP contribution >= 0.6 is 15.9 Å². The summed E-state index contributed by atoms with van der Waals surface area (Å²) in [6.45, 7) is 2.22. The van der Waals surface area contributed by atoms with Gasteiger partial charge in [-0.1, -0.05) is 15.9 Å². The van der Waals surface area contributed by atoms with E-state index in [0.29, 0.717) is 22.6 Å². The van der Waals surface area contributed by atoms with Gasteiger partial charge in [-0.15, -0.1) is 0 Å². The number of nitrogens with one attached hydrogen (secondary N) is 1. The Morgan fingerprint density at radius 2 is 2.28 bits per heavy atom. The number of aromatic nitrogens is 1. The first-order chi connectivity index (χ1) is 8.54. The highest BCUT2D eigenvalue weighted by Crippen LogP contribution is 2.20. The van der Waals surface area contributed by atoms with Gasteiger partial charge < -0.3 is 14.8 Å². The van der Waals surface area contributed by atoms with Crippen molar-refractivity contribution in [2.45, 2.75) is 13.5 Å². The van der Waals surface area contributed by atoms with Crippen molar-refractivity contribution in [2.24, 2.45) is 0 Å². The summed E-state index contributed by atoms with van der Waals surface area (Å²) in [6, 6.07) is 4.90. The summed E-state index contributed by atoms with van der Waals surface area (Å²) >= 11 is 3.27. The van der Waals surface area contributed by atoms with Gasteiger partial charge in [0.15, 0.2) is 0 Å². The fourth-order valence-corrected chi connectivity index (χ4v) is 1.97. The number of carboxylic acid groups (broad SMARTS) is 1. The molecule has 0 amide bonds. The minimum Gasteiger partial charge on any atom is -0.478 e. The Morgan fingerprint density at radius 3 is 2.89 bits per heavy atom. The van der Waals surface area contributed by atoms with E-state index in [-0.39, 0.29) is 5.56 Å². The van der Waals surface area contributed by atoms with E-state index in [4.69, 9.17) is 9.52 Å². The summed E-state index contributed by atoms with van der Waals surface area (Å²) in [5, 5.41) is 12.0. The highest BCUT2D eigenvalue weighted by molar-refractivity contribution is 9.10. The molecule has 94 valence electrons. The summed E-state index contributed by atoms with van der Waals surface area (Å²) in [4.78, 5) is 15.0. The molecule has 0 fully saturated rings. The van der Waals surface area contributed by atoms with E-state index in [2.05, 4.69) is 26.2 Å². The van der Waals surface area contributed by atoms with E-state index in [1.165, 1.54) is 0 Å². The molecule has 6 heteroatoms. The second-order valence-corrected chi connectivity index (χ2v) is 4.67. The molecule has 0 aliphatic rings. The van der Waals surface area contributed by atoms with Gasteiger partial charge in [-0.2, -0.15) is 0 Å². The summed E-state index contributed by atoms with van der Waals surface area (Å²) in [7, 11) is 0. The zero-order valence-electron chi connectivity index (χ0n) is 9.61. The van der Waals surface area contributed by atoms with E-state index >= 15 is 0 Å². The van der Waals surface area contributed by atoms with E-state index < -0.39 is 5.97 Å². The topological polar surface area (TPSA) is 75.4 Å². The molecule has 0 saturated carbocycles. The third-order valence-corrected chi connectivity index (χ3v) is 2.72. The fourth-order valence-electron chi connectivity index (χ4n) is 1.48. The zero-order valence-corrected chi connectivity index (χ0v) is 11.2. The molecule has 1 aromatic carbocycles. The van der Waals surface area contributed by atoms with Gasteiger partial charge in [0.25, 0.3) is 0 Å². The van der Waals surface area contributed by atoms with Gasteiger partial charge in [-0.05, 0) is 25.1 Å². The lowest BCUT2D eigenvalue weighted by atomic mass is 10.2. The van der Waals surface area contributed by atoms with Gasteiger partial charge in [0.05, 0.1) is 18.3 Å². The van der Waals surface area contributed by atoms with E-state index in [1.54, 1.807) is 24.4 Å². The van der Waals surface area contributed by atoms with Crippen LogP contribution in [-0.2, 0) is 6.54 Å². The summed E-state index contributed by atoms with van der Waals surface area (Å²) in [5.74, 6) is 0.336. The Balaban J connectivity index is 2.11. The number of aromatic carboxylic acids is 1. The quantitative estimate of drug-likeness (QED) is 0.907. The molecule has 1 aromatic heterocycles. The number of oxazole rings is 1. The molecule has 0 unspecified atom stereocenters. The van der Waals surface area contributed by atoms with Crippen LogP contribution in [0.15, 0.2) is 33.3 Å². The maximum absolute atomic E-state index is 10.9. The van der Waals surface area contributed by atoms with Crippen LogP contribution in [0.1, 0.15) is 22.0 Å². The van der Waals surface area contributed by atoms with Crippen LogP contribution in [0.5, 0.6) is 0 Å². The second-order valence-electron chi connectivity index (χ2n) is 3.75. The van der Waals surface area contributed by atoms with Gasteiger partial charge >= 0.3 is 5.97 Å². The summed E-state index contributed by atoms with van der Waals surface area (Å²) in [6.07, 6.45) is 1.64. The van der Waals surface area contributed by atoms with E-state index in [0.717, 1.165) is 5.76 Å². The number of halogens is 1. The average molecular weight is 311 g/mol. The number of aryl methyl sites for hydroxylation is 1. The fraction of sp³-hybridized carbons (Fsp3) is 0.167. The zero-order chi connectivity index (χ0) is 13.1.